The Bertz CT molecular complexity index is 329. The van der Waals surface area contributed by atoms with Crippen molar-refractivity contribution >= 4 is 11.3 Å². The highest BCUT2D eigenvalue weighted by Gasteiger charge is 2.66. The van der Waals surface area contributed by atoms with E-state index in [1.54, 1.807) is 11.3 Å². The van der Waals surface area contributed by atoms with Crippen LogP contribution in [0.4, 0.5) is 0 Å². The van der Waals surface area contributed by atoms with Crippen LogP contribution in [0.3, 0.4) is 0 Å². The third kappa shape index (κ3) is 1.62. The SMILES string of the molecule is CC1(C)C(C(O)Cc2cncs2)C1(C)C. The zero-order chi connectivity index (χ0) is 11.3. The number of rotatable bonds is 3. The molecule has 0 bridgehead atoms. The average Bonchev–Trinajstić information content (AvgIpc) is 2.53. The van der Waals surface area contributed by atoms with E-state index >= 15 is 0 Å². The standard InChI is InChI=1S/C12H19NOS/c1-11(2)10(12(11,3)4)9(14)5-8-6-13-7-15-8/h6-7,9-10,14H,5H2,1-4H3. The summed E-state index contributed by atoms with van der Waals surface area (Å²) in [7, 11) is 0. The molecule has 0 radical (unpaired) electrons. The maximum atomic E-state index is 10.2. The highest BCUT2D eigenvalue weighted by atomic mass is 32.1. The van der Waals surface area contributed by atoms with Crippen LogP contribution < -0.4 is 0 Å². The van der Waals surface area contributed by atoms with Gasteiger partial charge in [0.1, 0.15) is 0 Å². The molecule has 2 rings (SSSR count). The molecule has 0 saturated heterocycles. The lowest BCUT2D eigenvalue weighted by molar-refractivity contribution is 0.130. The summed E-state index contributed by atoms with van der Waals surface area (Å²) < 4.78 is 0. The Morgan fingerprint density at radius 1 is 1.40 bits per heavy atom. The first kappa shape index (κ1) is 11.1. The van der Waals surface area contributed by atoms with E-state index in [4.69, 9.17) is 0 Å². The summed E-state index contributed by atoms with van der Waals surface area (Å²) in [5, 5.41) is 10.2. The van der Waals surface area contributed by atoms with Gasteiger partial charge in [-0.3, -0.25) is 4.98 Å². The van der Waals surface area contributed by atoms with E-state index in [-0.39, 0.29) is 16.9 Å². The van der Waals surface area contributed by atoms with E-state index < -0.39 is 0 Å². The molecule has 0 aromatic carbocycles. The maximum absolute atomic E-state index is 10.2. The Morgan fingerprint density at radius 2 is 2.00 bits per heavy atom. The van der Waals surface area contributed by atoms with Crippen LogP contribution in [0.15, 0.2) is 11.7 Å². The van der Waals surface area contributed by atoms with Gasteiger partial charge in [0.15, 0.2) is 0 Å². The van der Waals surface area contributed by atoms with E-state index in [2.05, 4.69) is 32.7 Å². The molecule has 15 heavy (non-hydrogen) atoms. The van der Waals surface area contributed by atoms with Crippen molar-refractivity contribution in [1.82, 2.24) is 4.98 Å². The molecule has 1 heterocycles. The molecule has 1 saturated carbocycles. The first-order valence-corrected chi connectivity index (χ1v) is 6.31. The third-order valence-electron chi connectivity index (χ3n) is 4.41. The van der Waals surface area contributed by atoms with Crippen LogP contribution in [0.5, 0.6) is 0 Å². The molecule has 0 aliphatic heterocycles. The fourth-order valence-electron chi connectivity index (χ4n) is 2.88. The van der Waals surface area contributed by atoms with Crippen molar-refractivity contribution in [3.05, 3.63) is 16.6 Å². The van der Waals surface area contributed by atoms with Gasteiger partial charge in [-0.1, -0.05) is 27.7 Å². The van der Waals surface area contributed by atoms with Gasteiger partial charge >= 0.3 is 0 Å². The van der Waals surface area contributed by atoms with Crippen LogP contribution in [-0.2, 0) is 6.42 Å². The zero-order valence-corrected chi connectivity index (χ0v) is 10.6. The lowest BCUT2D eigenvalue weighted by Gasteiger charge is -2.10. The molecule has 0 amide bonds. The van der Waals surface area contributed by atoms with Crippen molar-refractivity contribution in [2.45, 2.75) is 40.2 Å². The molecule has 1 aliphatic carbocycles. The molecule has 1 atom stereocenters. The minimum absolute atomic E-state index is 0.226. The number of aliphatic hydroxyl groups excluding tert-OH is 1. The maximum Gasteiger partial charge on any atom is 0.0794 e. The predicted octanol–water partition coefficient (Wildman–Crippen LogP) is 2.73. The molecule has 3 heteroatoms. The Labute approximate surface area is 95.4 Å². The number of aliphatic hydroxyl groups is 1. The molecule has 1 aromatic heterocycles. The summed E-state index contributed by atoms with van der Waals surface area (Å²) >= 11 is 1.63. The smallest absolute Gasteiger partial charge is 0.0794 e. The second-order valence-electron chi connectivity index (χ2n) is 5.66. The predicted molar refractivity (Wildman–Crippen MR) is 62.9 cm³/mol. The zero-order valence-electron chi connectivity index (χ0n) is 9.82. The molecule has 1 aliphatic rings. The molecule has 1 unspecified atom stereocenters. The molecular formula is C12H19NOS. The van der Waals surface area contributed by atoms with Crippen LogP contribution in [0.2, 0.25) is 0 Å². The Hall–Kier alpha value is -0.410. The fourth-order valence-corrected chi connectivity index (χ4v) is 3.52. The lowest BCUT2D eigenvalue weighted by atomic mass is 10.0. The van der Waals surface area contributed by atoms with E-state index in [0.717, 1.165) is 6.42 Å². The molecule has 0 spiro atoms. The number of hydrogen-bond acceptors (Lipinski definition) is 3. The largest absolute Gasteiger partial charge is 0.392 e. The van der Waals surface area contributed by atoms with Gasteiger partial charge in [0, 0.05) is 17.5 Å². The van der Waals surface area contributed by atoms with Crippen molar-refractivity contribution in [3.63, 3.8) is 0 Å². The van der Waals surface area contributed by atoms with Gasteiger partial charge in [0.25, 0.3) is 0 Å². The fraction of sp³-hybridized carbons (Fsp3) is 0.750. The highest BCUT2D eigenvalue weighted by Crippen LogP contribution is 2.69. The van der Waals surface area contributed by atoms with E-state index in [9.17, 15) is 5.11 Å². The molecular weight excluding hydrogens is 206 g/mol. The highest BCUT2D eigenvalue weighted by molar-refractivity contribution is 7.09. The van der Waals surface area contributed by atoms with Crippen LogP contribution in [-0.4, -0.2) is 16.2 Å². The van der Waals surface area contributed by atoms with Gasteiger partial charge in [-0.05, 0) is 16.7 Å². The van der Waals surface area contributed by atoms with E-state index in [1.807, 2.05) is 11.7 Å². The van der Waals surface area contributed by atoms with Crippen LogP contribution >= 0.6 is 11.3 Å². The van der Waals surface area contributed by atoms with Crippen LogP contribution in [0, 0.1) is 16.7 Å². The van der Waals surface area contributed by atoms with E-state index in [1.165, 1.54) is 4.88 Å². The molecule has 1 fully saturated rings. The van der Waals surface area contributed by atoms with Gasteiger partial charge in [-0.25, -0.2) is 0 Å². The van der Waals surface area contributed by atoms with Gasteiger partial charge in [-0.15, -0.1) is 11.3 Å². The Balaban J connectivity index is 2.02. The van der Waals surface area contributed by atoms with E-state index in [0.29, 0.717) is 5.92 Å². The summed E-state index contributed by atoms with van der Waals surface area (Å²) in [6, 6.07) is 0. The Morgan fingerprint density at radius 3 is 2.40 bits per heavy atom. The van der Waals surface area contributed by atoms with Gasteiger partial charge in [0.2, 0.25) is 0 Å². The summed E-state index contributed by atoms with van der Waals surface area (Å²) in [5.74, 6) is 0.409. The molecule has 2 nitrogen and oxygen atoms in total. The van der Waals surface area contributed by atoms with Crippen LogP contribution in [0.25, 0.3) is 0 Å². The van der Waals surface area contributed by atoms with Gasteiger partial charge in [0.05, 0.1) is 11.6 Å². The Kier molecular flexibility index (Phi) is 2.43. The van der Waals surface area contributed by atoms with Gasteiger partial charge < -0.3 is 5.11 Å². The summed E-state index contributed by atoms with van der Waals surface area (Å²) in [6.07, 6.45) is 2.38. The molecule has 1 N–H and O–H groups in total. The normalized spacial score (nSPS) is 25.1. The lowest BCUT2D eigenvalue weighted by Crippen LogP contribution is -2.16. The van der Waals surface area contributed by atoms with Crippen molar-refractivity contribution in [2.24, 2.45) is 16.7 Å². The summed E-state index contributed by atoms with van der Waals surface area (Å²) in [6.45, 7) is 8.97. The number of hydrogen-bond donors (Lipinski definition) is 1. The number of thiazole rings is 1. The monoisotopic (exact) mass is 225 g/mol. The molecule has 1 aromatic rings. The van der Waals surface area contributed by atoms with Crippen molar-refractivity contribution in [1.29, 1.82) is 0 Å². The van der Waals surface area contributed by atoms with Crippen molar-refractivity contribution in [3.8, 4) is 0 Å². The minimum atomic E-state index is -0.226. The second-order valence-corrected chi connectivity index (χ2v) is 6.63. The minimum Gasteiger partial charge on any atom is -0.392 e. The summed E-state index contributed by atoms with van der Waals surface area (Å²) in [5.41, 5.74) is 2.35. The van der Waals surface area contributed by atoms with Crippen LogP contribution in [0.1, 0.15) is 32.6 Å². The average molecular weight is 225 g/mol. The third-order valence-corrected chi connectivity index (χ3v) is 5.21. The summed E-state index contributed by atoms with van der Waals surface area (Å²) in [4.78, 5) is 5.22. The van der Waals surface area contributed by atoms with Crippen molar-refractivity contribution < 1.29 is 5.11 Å². The topological polar surface area (TPSA) is 33.1 Å². The number of nitrogens with zero attached hydrogens (tertiary/aromatic N) is 1. The van der Waals surface area contributed by atoms with Crippen molar-refractivity contribution in [2.75, 3.05) is 0 Å². The first-order valence-electron chi connectivity index (χ1n) is 5.43. The van der Waals surface area contributed by atoms with Gasteiger partial charge in [-0.2, -0.15) is 0 Å². The quantitative estimate of drug-likeness (QED) is 0.858. The second kappa shape index (κ2) is 3.29. The molecule has 84 valence electrons. The number of aromatic nitrogens is 1. The first-order chi connectivity index (χ1) is 6.87.